The summed E-state index contributed by atoms with van der Waals surface area (Å²) in [5, 5.41) is 4.91. The van der Waals surface area contributed by atoms with Gasteiger partial charge >= 0.3 is 0 Å². The van der Waals surface area contributed by atoms with Crippen molar-refractivity contribution in [2.45, 2.75) is 11.4 Å². The first-order chi connectivity index (χ1) is 14.4. The van der Waals surface area contributed by atoms with Crippen molar-refractivity contribution >= 4 is 44.6 Å². The van der Waals surface area contributed by atoms with E-state index >= 15 is 0 Å². The van der Waals surface area contributed by atoms with E-state index in [1.165, 1.54) is 0 Å². The standard InChI is InChI=1S/C22H16Cl2N2O2S2/c23-20-6-3-17(12-21(20)24)16-1-4-19(5-2-16)30(27,28)26-13-15-7-9-25-22(11-15)18-8-10-29-14-18/h1-12,14,26H,13H2. The molecule has 0 aliphatic carbocycles. The third-order valence-electron chi connectivity index (χ3n) is 4.53. The Hall–Kier alpha value is -2.22. The quantitative estimate of drug-likeness (QED) is 0.358. The van der Waals surface area contributed by atoms with Crippen LogP contribution in [-0.4, -0.2) is 13.4 Å². The lowest BCUT2D eigenvalue weighted by Gasteiger charge is -2.09. The average molecular weight is 475 g/mol. The molecule has 0 unspecified atom stereocenters. The maximum atomic E-state index is 12.7. The van der Waals surface area contributed by atoms with Crippen molar-refractivity contribution in [3.63, 3.8) is 0 Å². The number of nitrogens with one attached hydrogen (secondary N) is 1. The number of pyridine rings is 1. The molecule has 0 aliphatic rings. The molecule has 0 bridgehead atoms. The molecule has 0 fully saturated rings. The number of halogens is 2. The molecule has 4 nitrogen and oxygen atoms in total. The van der Waals surface area contributed by atoms with E-state index in [9.17, 15) is 8.42 Å². The molecule has 0 atom stereocenters. The van der Waals surface area contributed by atoms with Crippen LogP contribution in [0.1, 0.15) is 5.56 Å². The van der Waals surface area contributed by atoms with Gasteiger partial charge in [-0.3, -0.25) is 4.98 Å². The van der Waals surface area contributed by atoms with Gasteiger partial charge in [0.15, 0.2) is 0 Å². The fraction of sp³-hybridized carbons (Fsp3) is 0.0455. The highest BCUT2D eigenvalue weighted by molar-refractivity contribution is 7.89. The molecular weight excluding hydrogens is 459 g/mol. The summed E-state index contributed by atoms with van der Waals surface area (Å²) in [6, 6.07) is 17.6. The highest BCUT2D eigenvalue weighted by Crippen LogP contribution is 2.29. The SMILES string of the molecule is O=S(=O)(NCc1ccnc(-c2ccsc2)c1)c1ccc(-c2ccc(Cl)c(Cl)c2)cc1. The number of hydrogen-bond acceptors (Lipinski definition) is 4. The van der Waals surface area contributed by atoms with E-state index in [-0.39, 0.29) is 11.4 Å². The van der Waals surface area contributed by atoms with Crippen LogP contribution in [0.15, 0.2) is 82.5 Å². The third kappa shape index (κ3) is 4.74. The summed E-state index contributed by atoms with van der Waals surface area (Å²) in [6.07, 6.45) is 1.68. The Balaban J connectivity index is 1.49. The normalized spacial score (nSPS) is 11.5. The van der Waals surface area contributed by atoms with Crippen LogP contribution in [0.2, 0.25) is 10.0 Å². The van der Waals surface area contributed by atoms with Crippen molar-refractivity contribution in [1.82, 2.24) is 9.71 Å². The first-order valence-corrected chi connectivity index (χ1v) is 12.1. The number of aromatic nitrogens is 1. The smallest absolute Gasteiger partial charge is 0.240 e. The average Bonchev–Trinajstić information content (AvgIpc) is 3.30. The highest BCUT2D eigenvalue weighted by atomic mass is 35.5. The molecule has 152 valence electrons. The van der Waals surface area contributed by atoms with Crippen molar-refractivity contribution < 1.29 is 8.42 Å². The second-order valence-electron chi connectivity index (χ2n) is 6.54. The summed E-state index contributed by atoms with van der Waals surface area (Å²) >= 11 is 13.6. The van der Waals surface area contributed by atoms with Gasteiger partial charge < -0.3 is 0 Å². The van der Waals surface area contributed by atoms with Gasteiger partial charge in [-0.15, -0.1) is 0 Å². The lowest BCUT2D eigenvalue weighted by Crippen LogP contribution is -2.23. The number of rotatable bonds is 6. The van der Waals surface area contributed by atoms with Crippen molar-refractivity contribution in [2.75, 3.05) is 0 Å². The zero-order valence-corrected chi connectivity index (χ0v) is 18.7. The van der Waals surface area contributed by atoms with E-state index in [0.717, 1.165) is 27.9 Å². The van der Waals surface area contributed by atoms with E-state index < -0.39 is 10.0 Å². The monoisotopic (exact) mass is 474 g/mol. The van der Waals surface area contributed by atoms with Crippen LogP contribution >= 0.6 is 34.5 Å². The van der Waals surface area contributed by atoms with Gasteiger partial charge in [-0.25, -0.2) is 13.1 Å². The summed E-state index contributed by atoms with van der Waals surface area (Å²) in [5.74, 6) is 0. The molecule has 2 heterocycles. The minimum Gasteiger partial charge on any atom is -0.256 e. The predicted molar refractivity (Wildman–Crippen MR) is 123 cm³/mol. The Bertz CT molecular complexity index is 1270. The molecule has 0 spiro atoms. The third-order valence-corrected chi connectivity index (χ3v) is 7.36. The molecule has 2 aromatic carbocycles. The maximum Gasteiger partial charge on any atom is 0.240 e. The first-order valence-electron chi connectivity index (χ1n) is 8.95. The summed E-state index contributed by atoms with van der Waals surface area (Å²) < 4.78 is 28.1. The molecule has 0 saturated heterocycles. The van der Waals surface area contributed by atoms with Crippen molar-refractivity contribution in [3.8, 4) is 22.4 Å². The van der Waals surface area contributed by atoms with Crippen LogP contribution in [0.3, 0.4) is 0 Å². The van der Waals surface area contributed by atoms with Gasteiger partial charge in [0.25, 0.3) is 0 Å². The lowest BCUT2D eigenvalue weighted by molar-refractivity contribution is 0.581. The lowest BCUT2D eigenvalue weighted by atomic mass is 10.1. The molecule has 4 aromatic rings. The van der Waals surface area contributed by atoms with Gasteiger partial charge in [0.2, 0.25) is 10.0 Å². The highest BCUT2D eigenvalue weighted by Gasteiger charge is 2.14. The first kappa shape index (κ1) is 21.0. The minimum atomic E-state index is -3.65. The van der Waals surface area contributed by atoms with Gasteiger partial charge in [-0.1, -0.05) is 41.4 Å². The Labute approximate surface area is 189 Å². The maximum absolute atomic E-state index is 12.7. The van der Waals surface area contributed by atoms with Crippen LogP contribution in [-0.2, 0) is 16.6 Å². The molecule has 0 radical (unpaired) electrons. The van der Waals surface area contributed by atoms with Gasteiger partial charge in [0.05, 0.1) is 20.6 Å². The van der Waals surface area contributed by atoms with Crippen LogP contribution in [0.25, 0.3) is 22.4 Å². The largest absolute Gasteiger partial charge is 0.256 e. The van der Waals surface area contributed by atoms with E-state index in [1.54, 1.807) is 60.0 Å². The van der Waals surface area contributed by atoms with E-state index in [0.29, 0.717) is 10.0 Å². The zero-order valence-electron chi connectivity index (χ0n) is 15.5. The van der Waals surface area contributed by atoms with E-state index in [2.05, 4.69) is 9.71 Å². The number of hydrogen-bond donors (Lipinski definition) is 1. The minimum absolute atomic E-state index is 0.177. The molecule has 2 aromatic heterocycles. The molecule has 8 heteroatoms. The summed E-state index contributed by atoms with van der Waals surface area (Å²) in [6.45, 7) is 0.177. The van der Waals surface area contributed by atoms with Crippen LogP contribution < -0.4 is 4.72 Å². The second-order valence-corrected chi connectivity index (χ2v) is 9.90. The molecule has 30 heavy (non-hydrogen) atoms. The molecule has 0 saturated carbocycles. The van der Waals surface area contributed by atoms with Gasteiger partial charge in [-0.05, 0) is 64.5 Å². The fourth-order valence-electron chi connectivity index (χ4n) is 2.92. The number of thiophene rings is 1. The molecule has 0 aliphatic heterocycles. The molecule has 0 amide bonds. The second kappa shape index (κ2) is 8.88. The fourth-order valence-corrected chi connectivity index (χ4v) is 4.88. The van der Waals surface area contributed by atoms with Crippen molar-refractivity contribution in [1.29, 1.82) is 0 Å². The number of benzene rings is 2. The number of nitrogens with zero attached hydrogens (tertiary/aromatic N) is 1. The van der Waals surface area contributed by atoms with E-state index in [1.807, 2.05) is 29.0 Å². The van der Waals surface area contributed by atoms with Crippen molar-refractivity contribution in [2.24, 2.45) is 0 Å². The van der Waals surface area contributed by atoms with Crippen LogP contribution in [0, 0.1) is 0 Å². The zero-order chi connectivity index (χ0) is 21.1. The summed E-state index contributed by atoms with van der Waals surface area (Å²) in [7, 11) is -3.65. The number of sulfonamides is 1. The van der Waals surface area contributed by atoms with Gasteiger partial charge in [0, 0.05) is 23.7 Å². The van der Waals surface area contributed by atoms with Gasteiger partial charge in [-0.2, -0.15) is 11.3 Å². The molecule has 1 N–H and O–H groups in total. The van der Waals surface area contributed by atoms with E-state index in [4.69, 9.17) is 23.2 Å². The summed E-state index contributed by atoms with van der Waals surface area (Å²) in [5.41, 5.74) is 4.38. The Morgan fingerprint density at radius 2 is 1.63 bits per heavy atom. The Morgan fingerprint density at radius 1 is 0.867 bits per heavy atom. The Kier molecular flexibility index (Phi) is 6.22. The molecule has 4 rings (SSSR count). The van der Waals surface area contributed by atoms with Crippen LogP contribution in [0.5, 0.6) is 0 Å². The molecular formula is C22H16Cl2N2O2S2. The van der Waals surface area contributed by atoms with Gasteiger partial charge in [0.1, 0.15) is 0 Å². The van der Waals surface area contributed by atoms with Crippen LogP contribution in [0.4, 0.5) is 0 Å². The predicted octanol–water partition coefficient (Wildman–Crippen LogP) is 6.26. The van der Waals surface area contributed by atoms with Crippen molar-refractivity contribution in [3.05, 3.63) is 93.2 Å². The Morgan fingerprint density at radius 3 is 2.33 bits per heavy atom. The topological polar surface area (TPSA) is 59.1 Å². The summed E-state index contributed by atoms with van der Waals surface area (Å²) in [4.78, 5) is 4.54.